The summed E-state index contributed by atoms with van der Waals surface area (Å²) in [5.74, 6) is -0.0936. The SMILES string of the molecule is Cc1ccc2cc3cc(C(=O)NCc4ccccn4)sc3nc2c1. The first-order valence-electron chi connectivity index (χ1n) is 7.68. The zero-order valence-corrected chi connectivity index (χ0v) is 13.9. The summed E-state index contributed by atoms with van der Waals surface area (Å²) >= 11 is 1.42. The van der Waals surface area contributed by atoms with Gasteiger partial charge in [0.1, 0.15) is 4.83 Å². The van der Waals surface area contributed by atoms with Gasteiger partial charge in [0, 0.05) is 17.0 Å². The van der Waals surface area contributed by atoms with Crippen LogP contribution < -0.4 is 5.32 Å². The highest BCUT2D eigenvalue weighted by molar-refractivity contribution is 7.20. The fraction of sp³-hybridized carbons (Fsp3) is 0.105. The first-order valence-corrected chi connectivity index (χ1v) is 8.50. The van der Waals surface area contributed by atoms with E-state index in [-0.39, 0.29) is 5.91 Å². The maximum absolute atomic E-state index is 12.4. The summed E-state index contributed by atoms with van der Waals surface area (Å²) in [7, 11) is 0. The molecule has 0 radical (unpaired) electrons. The van der Waals surface area contributed by atoms with Gasteiger partial charge in [-0.15, -0.1) is 11.3 Å². The number of thiophene rings is 1. The van der Waals surface area contributed by atoms with E-state index in [1.165, 1.54) is 16.9 Å². The second-order valence-electron chi connectivity index (χ2n) is 5.69. The molecular weight excluding hydrogens is 318 g/mol. The minimum absolute atomic E-state index is 0.0936. The van der Waals surface area contributed by atoms with E-state index in [0.29, 0.717) is 11.4 Å². The Bertz CT molecular complexity index is 1040. The minimum Gasteiger partial charge on any atom is -0.346 e. The van der Waals surface area contributed by atoms with Crippen molar-refractivity contribution in [3.05, 3.63) is 70.9 Å². The fourth-order valence-corrected chi connectivity index (χ4v) is 3.55. The Labute approximate surface area is 143 Å². The van der Waals surface area contributed by atoms with Crippen LogP contribution in [-0.4, -0.2) is 15.9 Å². The molecule has 0 atom stereocenters. The van der Waals surface area contributed by atoms with Crippen LogP contribution in [0.25, 0.3) is 21.1 Å². The first-order chi connectivity index (χ1) is 11.7. The molecule has 0 unspecified atom stereocenters. The number of benzene rings is 1. The van der Waals surface area contributed by atoms with E-state index in [4.69, 9.17) is 0 Å². The van der Waals surface area contributed by atoms with E-state index in [1.807, 2.05) is 24.3 Å². The van der Waals surface area contributed by atoms with Gasteiger partial charge in [-0.05, 0) is 42.8 Å². The van der Waals surface area contributed by atoms with Crippen LogP contribution in [0.15, 0.2) is 54.7 Å². The molecule has 0 fully saturated rings. The number of aromatic nitrogens is 2. The number of nitrogens with one attached hydrogen (secondary N) is 1. The number of fused-ring (bicyclic) bond motifs is 2. The third kappa shape index (κ3) is 2.86. The van der Waals surface area contributed by atoms with Crippen molar-refractivity contribution in [2.75, 3.05) is 0 Å². The lowest BCUT2D eigenvalue weighted by Crippen LogP contribution is -2.22. The summed E-state index contributed by atoms with van der Waals surface area (Å²) < 4.78 is 0. The summed E-state index contributed by atoms with van der Waals surface area (Å²) in [5.41, 5.74) is 2.98. The van der Waals surface area contributed by atoms with E-state index in [2.05, 4.69) is 46.5 Å². The van der Waals surface area contributed by atoms with Crippen LogP contribution in [0.5, 0.6) is 0 Å². The lowest BCUT2D eigenvalue weighted by Gasteiger charge is -2.02. The molecule has 118 valence electrons. The summed E-state index contributed by atoms with van der Waals surface area (Å²) in [4.78, 5) is 22.8. The van der Waals surface area contributed by atoms with Gasteiger partial charge in [-0.3, -0.25) is 9.78 Å². The van der Waals surface area contributed by atoms with Crippen LogP contribution in [0, 0.1) is 6.92 Å². The molecule has 0 spiro atoms. The molecule has 3 heterocycles. The summed E-state index contributed by atoms with van der Waals surface area (Å²) in [6, 6.07) is 15.8. The Hall–Kier alpha value is -2.79. The molecule has 0 saturated carbocycles. The van der Waals surface area contributed by atoms with Gasteiger partial charge < -0.3 is 5.32 Å². The number of pyridine rings is 2. The second-order valence-corrected chi connectivity index (χ2v) is 6.72. The summed E-state index contributed by atoms with van der Waals surface area (Å²) in [6.45, 7) is 2.47. The lowest BCUT2D eigenvalue weighted by atomic mass is 10.1. The topological polar surface area (TPSA) is 54.9 Å². The minimum atomic E-state index is -0.0936. The molecule has 4 nitrogen and oxygen atoms in total. The van der Waals surface area contributed by atoms with Crippen molar-refractivity contribution in [2.45, 2.75) is 13.5 Å². The predicted octanol–water partition coefficient (Wildman–Crippen LogP) is 4.08. The molecule has 0 saturated heterocycles. The molecule has 1 amide bonds. The van der Waals surface area contributed by atoms with Gasteiger partial charge in [0.05, 0.1) is 22.6 Å². The number of amides is 1. The molecule has 4 rings (SSSR count). The van der Waals surface area contributed by atoms with Gasteiger partial charge in [-0.2, -0.15) is 0 Å². The highest BCUT2D eigenvalue weighted by Crippen LogP contribution is 2.27. The monoisotopic (exact) mass is 333 g/mol. The van der Waals surface area contributed by atoms with Gasteiger partial charge >= 0.3 is 0 Å². The fourth-order valence-electron chi connectivity index (χ4n) is 2.61. The molecule has 24 heavy (non-hydrogen) atoms. The number of carbonyl (C=O) groups is 1. The van der Waals surface area contributed by atoms with Crippen molar-refractivity contribution < 1.29 is 4.79 Å². The Morgan fingerprint density at radius 1 is 1.12 bits per heavy atom. The highest BCUT2D eigenvalue weighted by Gasteiger charge is 2.12. The van der Waals surface area contributed by atoms with Crippen LogP contribution in [0.2, 0.25) is 0 Å². The number of aryl methyl sites for hydroxylation is 1. The standard InChI is InChI=1S/C19H15N3OS/c1-12-5-6-13-9-14-10-17(24-19(14)22-16(13)8-12)18(23)21-11-15-4-2-3-7-20-15/h2-10H,11H2,1H3,(H,21,23). The Morgan fingerprint density at radius 3 is 2.88 bits per heavy atom. The summed E-state index contributed by atoms with van der Waals surface area (Å²) in [5, 5.41) is 5.00. The number of hydrogen-bond acceptors (Lipinski definition) is 4. The van der Waals surface area contributed by atoms with Crippen LogP contribution in [-0.2, 0) is 6.54 Å². The average molecular weight is 333 g/mol. The van der Waals surface area contributed by atoms with Gasteiger partial charge in [0.25, 0.3) is 5.91 Å². The van der Waals surface area contributed by atoms with Crippen LogP contribution in [0.3, 0.4) is 0 Å². The van der Waals surface area contributed by atoms with E-state index in [0.717, 1.165) is 26.8 Å². The lowest BCUT2D eigenvalue weighted by molar-refractivity contribution is 0.0954. The average Bonchev–Trinajstić information content (AvgIpc) is 3.01. The third-order valence-corrected chi connectivity index (χ3v) is 4.88. The van der Waals surface area contributed by atoms with Crippen molar-refractivity contribution in [3.8, 4) is 0 Å². The van der Waals surface area contributed by atoms with Crippen molar-refractivity contribution >= 4 is 38.4 Å². The zero-order valence-electron chi connectivity index (χ0n) is 13.1. The van der Waals surface area contributed by atoms with Gasteiger partial charge in [0.15, 0.2) is 0 Å². The molecule has 0 aliphatic carbocycles. The number of carbonyl (C=O) groups excluding carboxylic acids is 1. The van der Waals surface area contributed by atoms with E-state index >= 15 is 0 Å². The maximum Gasteiger partial charge on any atom is 0.261 e. The normalized spacial score (nSPS) is 11.0. The molecule has 0 aliphatic heterocycles. The van der Waals surface area contributed by atoms with Crippen LogP contribution >= 0.6 is 11.3 Å². The van der Waals surface area contributed by atoms with E-state index in [9.17, 15) is 4.79 Å². The predicted molar refractivity (Wildman–Crippen MR) is 97.3 cm³/mol. The van der Waals surface area contributed by atoms with Gasteiger partial charge in [0.2, 0.25) is 0 Å². The molecule has 1 aromatic carbocycles. The zero-order chi connectivity index (χ0) is 16.5. The second kappa shape index (κ2) is 6.02. The number of nitrogens with zero attached hydrogens (tertiary/aromatic N) is 2. The molecular formula is C19H15N3OS. The summed E-state index contributed by atoms with van der Waals surface area (Å²) in [6.07, 6.45) is 1.72. The van der Waals surface area contributed by atoms with Crippen LogP contribution in [0.4, 0.5) is 0 Å². The van der Waals surface area contributed by atoms with E-state index < -0.39 is 0 Å². The van der Waals surface area contributed by atoms with Gasteiger partial charge in [-0.25, -0.2) is 4.98 Å². The highest BCUT2D eigenvalue weighted by atomic mass is 32.1. The molecule has 0 aliphatic rings. The van der Waals surface area contributed by atoms with Crippen LogP contribution in [0.1, 0.15) is 20.9 Å². The Kier molecular flexibility index (Phi) is 3.70. The molecule has 3 aromatic heterocycles. The third-order valence-electron chi connectivity index (χ3n) is 3.84. The Balaban J connectivity index is 1.62. The molecule has 5 heteroatoms. The smallest absolute Gasteiger partial charge is 0.261 e. The largest absolute Gasteiger partial charge is 0.346 e. The van der Waals surface area contributed by atoms with E-state index in [1.54, 1.807) is 6.20 Å². The Morgan fingerprint density at radius 2 is 2.04 bits per heavy atom. The quantitative estimate of drug-likeness (QED) is 0.614. The molecule has 1 N–H and O–H groups in total. The first kappa shape index (κ1) is 14.8. The maximum atomic E-state index is 12.4. The van der Waals surface area contributed by atoms with Crippen molar-refractivity contribution in [1.29, 1.82) is 0 Å². The number of rotatable bonds is 3. The van der Waals surface area contributed by atoms with Crippen molar-refractivity contribution in [3.63, 3.8) is 0 Å². The van der Waals surface area contributed by atoms with Crippen molar-refractivity contribution in [1.82, 2.24) is 15.3 Å². The number of hydrogen-bond donors (Lipinski definition) is 1. The van der Waals surface area contributed by atoms with Crippen molar-refractivity contribution in [2.24, 2.45) is 0 Å². The van der Waals surface area contributed by atoms with Gasteiger partial charge in [-0.1, -0.05) is 18.2 Å². The molecule has 4 aromatic rings. The molecule has 0 bridgehead atoms.